The van der Waals surface area contributed by atoms with E-state index in [9.17, 15) is 19.2 Å². The van der Waals surface area contributed by atoms with Crippen molar-refractivity contribution in [1.29, 1.82) is 0 Å². The zero-order valence-corrected chi connectivity index (χ0v) is 21.8. The Bertz CT molecular complexity index is 678. The average Bonchev–Trinajstić information content (AvgIpc) is 3.30. The summed E-state index contributed by atoms with van der Waals surface area (Å²) >= 11 is 0. The summed E-state index contributed by atoms with van der Waals surface area (Å²) in [5.74, 6) is -2.54. The van der Waals surface area contributed by atoms with Gasteiger partial charge in [0, 0.05) is 26.2 Å². The number of carbonyl (C=O) groups is 4. The highest BCUT2D eigenvalue weighted by Crippen LogP contribution is 2.28. The van der Waals surface area contributed by atoms with Crippen molar-refractivity contribution in [3.05, 3.63) is 0 Å². The predicted octanol–water partition coefficient (Wildman–Crippen LogP) is 3.93. The van der Waals surface area contributed by atoms with E-state index in [-0.39, 0.29) is 24.9 Å². The molecule has 0 aromatic heterocycles. The topological polar surface area (TPSA) is 134 Å². The summed E-state index contributed by atoms with van der Waals surface area (Å²) in [6, 6.07) is 0. The van der Waals surface area contributed by atoms with E-state index < -0.39 is 47.2 Å². The Morgan fingerprint density at radius 2 is 0.971 bits per heavy atom. The van der Waals surface area contributed by atoms with Crippen LogP contribution in [0.2, 0.25) is 0 Å². The summed E-state index contributed by atoms with van der Waals surface area (Å²) in [7, 11) is 0. The van der Waals surface area contributed by atoms with Crippen molar-refractivity contribution in [3.63, 3.8) is 0 Å². The molecular formula is C24H42N2O8. The largest absolute Gasteiger partial charge is 0.481 e. The third kappa shape index (κ3) is 9.02. The number of amides is 2. The molecule has 0 saturated carbocycles. The van der Waals surface area contributed by atoms with E-state index in [4.69, 9.17) is 19.7 Å². The van der Waals surface area contributed by atoms with E-state index >= 15 is 0 Å². The summed E-state index contributed by atoms with van der Waals surface area (Å²) in [6.07, 6.45) is 0.686. The molecule has 0 radical (unpaired) electrons. The van der Waals surface area contributed by atoms with Gasteiger partial charge in [-0.3, -0.25) is 9.59 Å². The van der Waals surface area contributed by atoms with Crippen molar-refractivity contribution in [3.8, 4) is 0 Å². The zero-order valence-electron chi connectivity index (χ0n) is 21.8. The molecule has 2 amide bonds. The van der Waals surface area contributed by atoms with Crippen molar-refractivity contribution in [2.45, 2.75) is 79.4 Å². The van der Waals surface area contributed by atoms with Gasteiger partial charge in [0.25, 0.3) is 0 Å². The number of hydrogen-bond donors (Lipinski definition) is 2. The van der Waals surface area contributed by atoms with E-state index in [2.05, 4.69) is 0 Å². The van der Waals surface area contributed by atoms with Crippen molar-refractivity contribution in [2.75, 3.05) is 26.2 Å². The van der Waals surface area contributed by atoms with Crippen LogP contribution in [0.3, 0.4) is 0 Å². The molecule has 2 aliphatic heterocycles. The molecule has 10 heteroatoms. The van der Waals surface area contributed by atoms with E-state index in [0.717, 1.165) is 12.8 Å². The molecule has 2 saturated heterocycles. The second kappa shape index (κ2) is 11.8. The Morgan fingerprint density at radius 1 is 0.676 bits per heavy atom. The number of likely N-dealkylation sites (tertiary alicyclic amines) is 2. The standard InChI is InChI=1S/2C12H21NO4/c2*1-5-8-6-13(7-9(8)10(14)15)11(16)17-12(2,3)4/h2*8-9H,5-7H2,1-4H3,(H,14,15)/t2*8-,9+/m10/s1. The molecule has 2 rings (SSSR count). The first kappa shape index (κ1) is 29.5. The smallest absolute Gasteiger partial charge is 0.410 e. The quantitative estimate of drug-likeness (QED) is 0.610. The number of ether oxygens (including phenoxy) is 2. The first-order chi connectivity index (χ1) is 15.5. The molecule has 0 aromatic rings. The number of nitrogens with zero attached hydrogens (tertiary/aromatic N) is 2. The second-order valence-electron chi connectivity index (χ2n) is 11.0. The van der Waals surface area contributed by atoms with Gasteiger partial charge in [-0.05, 0) is 53.4 Å². The molecule has 196 valence electrons. The maximum atomic E-state index is 11.8. The predicted molar refractivity (Wildman–Crippen MR) is 125 cm³/mol. The Labute approximate surface area is 202 Å². The van der Waals surface area contributed by atoms with Crippen molar-refractivity contribution in [2.24, 2.45) is 23.7 Å². The summed E-state index contributed by atoms with van der Waals surface area (Å²) in [5, 5.41) is 18.1. The third-order valence-corrected chi connectivity index (χ3v) is 5.87. The maximum absolute atomic E-state index is 11.8. The molecule has 34 heavy (non-hydrogen) atoms. The lowest BCUT2D eigenvalue weighted by Gasteiger charge is -2.24. The summed E-state index contributed by atoms with van der Waals surface area (Å²) in [4.78, 5) is 48.7. The lowest BCUT2D eigenvalue weighted by atomic mass is 9.94. The average molecular weight is 487 g/mol. The van der Waals surface area contributed by atoms with Crippen LogP contribution in [0.25, 0.3) is 0 Å². The number of carboxylic acids is 2. The van der Waals surface area contributed by atoms with Crippen molar-refractivity contribution in [1.82, 2.24) is 9.80 Å². The maximum Gasteiger partial charge on any atom is 0.410 e. The number of carbonyl (C=O) groups excluding carboxylic acids is 2. The fraction of sp³-hybridized carbons (Fsp3) is 0.833. The number of carboxylic acid groups (broad SMARTS) is 2. The highest BCUT2D eigenvalue weighted by atomic mass is 16.6. The van der Waals surface area contributed by atoms with Crippen LogP contribution in [0.15, 0.2) is 0 Å². The van der Waals surface area contributed by atoms with Gasteiger partial charge in [-0.15, -0.1) is 0 Å². The molecule has 2 aliphatic rings. The summed E-state index contributed by atoms with van der Waals surface area (Å²) in [5.41, 5.74) is -1.08. The van der Waals surface area contributed by atoms with E-state index in [1.807, 2.05) is 13.8 Å². The van der Waals surface area contributed by atoms with Gasteiger partial charge in [-0.25, -0.2) is 9.59 Å². The van der Waals surface area contributed by atoms with Gasteiger partial charge in [0.05, 0.1) is 11.8 Å². The Morgan fingerprint density at radius 3 is 1.15 bits per heavy atom. The van der Waals surface area contributed by atoms with Crippen molar-refractivity contribution < 1.29 is 38.9 Å². The highest BCUT2D eigenvalue weighted by Gasteiger charge is 2.41. The fourth-order valence-corrected chi connectivity index (χ4v) is 4.08. The van der Waals surface area contributed by atoms with Gasteiger partial charge in [0.2, 0.25) is 0 Å². The molecule has 2 fully saturated rings. The minimum atomic E-state index is -0.831. The van der Waals surface area contributed by atoms with Crippen LogP contribution in [0, 0.1) is 23.7 Å². The van der Waals surface area contributed by atoms with Crippen LogP contribution in [-0.4, -0.2) is 81.5 Å². The molecular weight excluding hydrogens is 444 g/mol. The summed E-state index contributed by atoms with van der Waals surface area (Å²) < 4.78 is 10.5. The minimum Gasteiger partial charge on any atom is -0.481 e. The Hall–Kier alpha value is -2.52. The number of rotatable bonds is 4. The van der Waals surface area contributed by atoms with Crippen LogP contribution in [-0.2, 0) is 19.1 Å². The normalized spacial score (nSPS) is 24.8. The van der Waals surface area contributed by atoms with Gasteiger partial charge in [-0.1, -0.05) is 26.7 Å². The van der Waals surface area contributed by atoms with Crippen molar-refractivity contribution >= 4 is 24.1 Å². The second-order valence-corrected chi connectivity index (χ2v) is 11.0. The molecule has 10 nitrogen and oxygen atoms in total. The SMILES string of the molecule is CC[C@@H]1CN(C(=O)OC(C)(C)C)C[C@@H]1C(=O)O.CC[C@H]1CN(C(=O)OC(C)(C)C)C[C@H]1C(=O)O. The van der Waals surface area contributed by atoms with E-state index in [1.54, 1.807) is 41.5 Å². The fourth-order valence-electron chi connectivity index (χ4n) is 4.08. The Kier molecular flexibility index (Phi) is 10.2. The van der Waals surface area contributed by atoms with Crippen LogP contribution < -0.4 is 0 Å². The third-order valence-electron chi connectivity index (χ3n) is 5.87. The summed E-state index contributed by atoms with van der Waals surface area (Å²) in [6.45, 7) is 16.1. The first-order valence-corrected chi connectivity index (χ1v) is 11.9. The zero-order chi connectivity index (χ0) is 26.4. The van der Waals surface area contributed by atoms with Crippen LogP contribution in [0.5, 0.6) is 0 Å². The van der Waals surface area contributed by atoms with Crippen LogP contribution in [0.4, 0.5) is 9.59 Å². The number of hydrogen-bond acceptors (Lipinski definition) is 6. The highest BCUT2D eigenvalue weighted by molar-refractivity contribution is 5.75. The number of aliphatic carboxylic acids is 2. The van der Waals surface area contributed by atoms with Crippen LogP contribution >= 0.6 is 0 Å². The molecule has 2 heterocycles. The van der Waals surface area contributed by atoms with Gasteiger partial charge in [0.1, 0.15) is 11.2 Å². The molecule has 4 atom stereocenters. The lowest BCUT2D eigenvalue weighted by Crippen LogP contribution is -2.35. The molecule has 0 bridgehead atoms. The Balaban J connectivity index is 0.000000340. The molecule has 0 unspecified atom stereocenters. The first-order valence-electron chi connectivity index (χ1n) is 11.9. The molecule has 0 spiro atoms. The molecule has 0 aromatic carbocycles. The molecule has 0 aliphatic carbocycles. The monoisotopic (exact) mass is 486 g/mol. The molecule has 2 N–H and O–H groups in total. The van der Waals surface area contributed by atoms with Gasteiger partial charge < -0.3 is 29.5 Å². The van der Waals surface area contributed by atoms with Gasteiger partial charge >= 0.3 is 24.1 Å². The minimum absolute atomic E-state index is 0.0278. The van der Waals surface area contributed by atoms with Crippen LogP contribution in [0.1, 0.15) is 68.2 Å². The van der Waals surface area contributed by atoms with Gasteiger partial charge in [-0.2, -0.15) is 0 Å². The lowest BCUT2D eigenvalue weighted by molar-refractivity contribution is -0.143. The van der Waals surface area contributed by atoms with Gasteiger partial charge in [0.15, 0.2) is 0 Å². The van der Waals surface area contributed by atoms with E-state index in [1.165, 1.54) is 9.80 Å². The van der Waals surface area contributed by atoms with E-state index in [0.29, 0.717) is 13.1 Å².